The number of oxazole rings is 1. The van der Waals surface area contributed by atoms with Crippen molar-refractivity contribution in [2.45, 2.75) is 6.42 Å². The highest BCUT2D eigenvalue weighted by Crippen LogP contribution is 2.22. The van der Waals surface area contributed by atoms with Crippen LogP contribution in [0.25, 0.3) is 11.1 Å². The quantitative estimate of drug-likeness (QED) is 0.733. The molecule has 2 N–H and O–H groups in total. The minimum Gasteiger partial charge on any atom is -0.440 e. The van der Waals surface area contributed by atoms with Crippen LogP contribution in [0.2, 0.25) is 0 Å². The summed E-state index contributed by atoms with van der Waals surface area (Å²) in [5, 5.41) is 0. The number of fused-ring (bicyclic) bond motifs is 1. The highest BCUT2D eigenvalue weighted by molar-refractivity contribution is 9.10. The standard InChI is InChI=1S/C14H11BrN2O/c15-10-6-4-9(5-7-10)8-13-17-14-11(16)2-1-3-12(14)18-13/h1-7H,8,16H2. The Bertz CT molecular complexity index is 689. The van der Waals surface area contributed by atoms with Gasteiger partial charge in [-0.05, 0) is 29.8 Å². The van der Waals surface area contributed by atoms with Crippen molar-refractivity contribution in [1.82, 2.24) is 4.98 Å². The summed E-state index contributed by atoms with van der Waals surface area (Å²) >= 11 is 3.41. The minimum absolute atomic E-state index is 0.651. The second-order valence-corrected chi connectivity index (χ2v) is 5.02. The van der Waals surface area contributed by atoms with Crippen molar-refractivity contribution >= 4 is 32.7 Å². The number of hydrogen-bond donors (Lipinski definition) is 1. The monoisotopic (exact) mass is 302 g/mol. The largest absolute Gasteiger partial charge is 0.440 e. The average Bonchev–Trinajstić information content (AvgIpc) is 2.76. The van der Waals surface area contributed by atoms with Gasteiger partial charge in [0.25, 0.3) is 0 Å². The van der Waals surface area contributed by atoms with E-state index in [0.29, 0.717) is 18.0 Å². The molecule has 1 heterocycles. The first-order valence-electron chi connectivity index (χ1n) is 5.61. The van der Waals surface area contributed by atoms with E-state index in [0.717, 1.165) is 21.1 Å². The van der Waals surface area contributed by atoms with Crippen LogP contribution in [0, 0.1) is 0 Å². The van der Waals surface area contributed by atoms with Crippen molar-refractivity contribution in [1.29, 1.82) is 0 Å². The van der Waals surface area contributed by atoms with Crippen molar-refractivity contribution in [2.75, 3.05) is 5.73 Å². The molecule has 3 aromatic rings. The number of nitrogens with two attached hydrogens (primary N) is 1. The van der Waals surface area contributed by atoms with Crippen LogP contribution in [-0.4, -0.2) is 4.98 Å². The number of benzene rings is 2. The van der Waals surface area contributed by atoms with Crippen molar-refractivity contribution in [3.63, 3.8) is 0 Å². The van der Waals surface area contributed by atoms with Gasteiger partial charge in [-0.15, -0.1) is 0 Å². The third kappa shape index (κ3) is 2.11. The van der Waals surface area contributed by atoms with E-state index in [1.807, 2.05) is 42.5 Å². The van der Waals surface area contributed by atoms with Crippen molar-refractivity contribution in [3.05, 3.63) is 58.4 Å². The molecule has 2 aromatic carbocycles. The van der Waals surface area contributed by atoms with E-state index in [9.17, 15) is 0 Å². The van der Waals surface area contributed by atoms with Crippen LogP contribution in [0.5, 0.6) is 0 Å². The lowest BCUT2D eigenvalue weighted by Crippen LogP contribution is -1.88. The third-order valence-corrected chi connectivity index (χ3v) is 3.29. The number of halogens is 1. The Morgan fingerprint density at radius 2 is 1.89 bits per heavy atom. The number of anilines is 1. The molecule has 0 saturated carbocycles. The molecule has 3 rings (SSSR count). The summed E-state index contributed by atoms with van der Waals surface area (Å²) in [7, 11) is 0. The first kappa shape index (κ1) is 11.3. The van der Waals surface area contributed by atoms with Crippen LogP contribution in [0.1, 0.15) is 11.5 Å². The molecular weight excluding hydrogens is 292 g/mol. The molecule has 3 nitrogen and oxygen atoms in total. The number of nitrogens with zero attached hydrogens (tertiary/aromatic N) is 1. The molecule has 0 saturated heterocycles. The van der Waals surface area contributed by atoms with Gasteiger partial charge in [0.1, 0.15) is 5.52 Å². The zero-order valence-corrected chi connectivity index (χ0v) is 11.1. The first-order chi connectivity index (χ1) is 8.72. The predicted molar refractivity (Wildman–Crippen MR) is 75.4 cm³/mol. The van der Waals surface area contributed by atoms with E-state index in [1.54, 1.807) is 0 Å². The zero-order chi connectivity index (χ0) is 12.5. The fourth-order valence-electron chi connectivity index (χ4n) is 1.87. The SMILES string of the molecule is Nc1cccc2oc(Cc3ccc(Br)cc3)nc12. The Morgan fingerprint density at radius 3 is 2.61 bits per heavy atom. The van der Waals surface area contributed by atoms with Gasteiger partial charge in [0.2, 0.25) is 0 Å². The summed E-state index contributed by atoms with van der Waals surface area (Å²) in [6.45, 7) is 0. The summed E-state index contributed by atoms with van der Waals surface area (Å²) in [6, 6.07) is 13.7. The molecular formula is C14H11BrN2O. The van der Waals surface area contributed by atoms with E-state index in [4.69, 9.17) is 10.2 Å². The van der Waals surface area contributed by atoms with Crippen LogP contribution < -0.4 is 5.73 Å². The smallest absolute Gasteiger partial charge is 0.199 e. The normalized spacial score (nSPS) is 10.9. The van der Waals surface area contributed by atoms with Crippen LogP contribution >= 0.6 is 15.9 Å². The maximum absolute atomic E-state index is 5.85. The Labute approximate surface area is 113 Å². The summed E-state index contributed by atoms with van der Waals surface area (Å²) in [4.78, 5) is 4.43. The first-order valence-corrected chi connectivity index (χ1v) is 6.40. The minimum atomic E-state index is 0.651. The van der Waals surface area contributed by atoms with Crippen LogP contribution in [-0.2, 0) is 6.42 Å². The van der Waals surface area contributed by atoms with E-state index in [2.05, 4.69) is 20.9 Å². The second-order valence-electron chi connectivity index (χ2n) is 4.10. The van der Waals surface area contributed by atoms with E-state index in [1.165, 1.54) is 0 Å². The number of rotatable bonds is 2. The number of hydrogen-bond acceptors (Lipinski definition) is 3. The topological polar surface area (TPSA) is 52.0 Å². The molecule has 18 heavy (non-hydrogen) atoms. The van der Waals surface area contributed by atoms with Crippen molar-refractivity contribution in [2.24, 2.45) is 0 Å². The molecule has 0 aliphatic rings. The molecule has 0 radical (unpaired) electrons. The van der Waals surface area contributed by atoms with Gasteiger partial charge in [0, 0.05) is 10.9 Å². The lowest BCUT2D eigenvalue weighted by molar-refractivity contribution is 0.544. The molecule has 4 heteroatoms. The van der Waals surface area contributed by atoms with Crippen LogP contribution in [0.3, 0.4) is 0 Å². The second kappa shape index (κ2) is 4.46. The van der Waals surface area contributed by atoms with Gasteiger partial charge in [0.15, 0.2) is 11.5 Å². The van der Waals surface area contributed by atoms with Gasteiger partial charge in [0.05, 0.1) is 5.69 Å². The molecule has 0 atom stereocenters. The summed E-state index contributed by atoms with van der Waals surface area (Å²) in [5.74, 6) is 0.685. The Kier molecular flexibility index (Phi) is 2.80. The molecule has 90 valence electrons. The zero-order valence-electron chi connectivity index (χ0n) is 9.56. The molecule has 0 aliphatic carbocycles. The molecule has 0 aliphatic heterocycles. The fourth-order valence-corrected chi connectivity index (χ4v) is 2.13. The predicted octanol–water partition coefficient (Wildman–Crippen LogP) is 3.76. The highest BCUT2D eigenvalue weighted by Gasteiger charge is 2.08. The van der Waals surface area contributed by atoms with E-state index >= 15 is 0 Å². The van der Waals surface area contributed by atoms with E-state index < -0.39 is 0 Å². The molecule has 0 amide bonds. The van der Waals surface area contributed by atoms with Gasteiger partial charge >= 0.3 is 0 Å². The average molecular weight is 303 g/mol. The number of nitrogen functional groups attached to an aromatic ring is 1. The number of para-hydroxylation sites is 1. The highest BCUT2D eigenvalue weighted by atomic mass is 79.9. The van der Waals surface area contributed by atoms with Gasteiger partial charge in [-0.2, -0.15) is 0 Å². The van der Waals surface area contributed by atoms with Gasteiger partial charge in [-0.1, -0.05) is 34.1 Å². The Morgan fingerprint density at radius 1 is 1.11 bits per heavy atom. The third-order valence-electron chi connectivity index (χ3n) is 2.76. The van der Waals surface area contributed by atoms with Crippen LogP contribution in [0.4, 0.5) is 5.69 Å². The Balaban J connectivity index is 1.95. The summed E-state index contributed by atoms with van der Waals surface area (Å²) in [6.07, 6.45) is 0.668. The van der Waals surface area contributed by atoms with Gasteiger partial charge < -0.3 is 10.2 Å². The van der Waals surface area contributed by atoms with Gasteiger partial charge in [-0.3, -0.25) is 0 Å². The maximum Gasteiger partial charge on any atom is 0.199 e. The maximum atomic E-state index is 5.85. The summed E-state index contributed by atoms with van der Waals surface area (Å²) in [5.41, 5.74) is 9.14. The summed E-state index contributed by atoms with van der Waals surface area (Å²) < 4.78 is 6.74. The molecule has 1 aromatic heterocycles. The van der Waals surface area contributed by atoms with Crippen molar-refractivity contribution in [3.8, 4) is 0 Å². The van der Waals surface area contributed by atoms with Gasteiger partial charge in [-0.25, -0.2) is 4.98 Å². The fraction of sp³-hybridized carbons (Fsp3) is 0.0714. The molecule has 0 spiro atoms. The lowest BCUT2D eigenvalue weighted by atomic mass is 10.1. The molecule has 0 bridgehead atoms. The van der Waals surface area contributed by atoms with Crippen molar-refractivity contribution < 1.29 is 4.42 Å². The van der Waals surface area contributed by atoms with Crippen LogP contribution in [0.15, 0.2) is 51.4 Å². The van der Waals surface area contributed by atoms with E-state index in [-0.39, 0.29) is 0 Å². The molecule has 0 fully saturated rings. The number of aromatic nitrogens is 1. The molecule has 0 unspecified atom stereocenters. The lowest BCUT2D eigenvalue weighted by Gasteiger charge is -1.96. The Hall–Kier alpha value is -1.81.